The summed E-state index contributed by atoms with van der Waals surface area (Å²) in [6.07, 6.45) is 3.41. The van der Waals surface area contributed by atoms with Crippen molar-refractivity contribution in [1.82, 2.24) is 29.9 Å². The zero-order valence-electron chi connectivity index (χ0n) is 19.6. The zero-order valence-corrected chi connectivity index (χ0v) is 19.6. The average molecular weight is 482 g/mol. The first-order chi connectivity index (χ1) is 17.5. The second-order valence-corrected chi connectivity index (χ2v) is 8.35. The lowest BCUT2D eigenvalue weighted by Crippen LogP contribution is -2.37. The van der Waals surface area contributed by atoms with Crippen LogP contribution in [0.25, 0.3) is 22.6 Å². The Morgan fingerprint density at radius 2 is 1.97 bits per heavy atom. The maximum absolute atomic E-state index is 12.1. The predicted octanol–water partition coefficient (Wildman–Crippen LogP) is 2.44. The van der Waals surface area contributed by atoms with Crippen LogP contribution in [0.2, 0.25) is 0 Å². The molecule has 0 saturated carbocycles. The van der Waals surface area contributed by atoms with Gasteiger partial charge >= 0.3 is 5.97 Å². The van der Waals surface area contributed by atoms with Gasteiger partial charge in [-0.15, -0.1) is 5.10 Å². The smallest absolute Gasteiger partial charge is 0.328 e. The highest BCUT2D eigenvalue weighted by atomic mass is 16.5. The lowest BCUT2D eigenvalue weighted by Gasteiger charge is -2.24. The van der Waals surface area contributed by atoms with Crippen molar-refractivity contribution in [2.24, 2.45) is 0 Å². The van der Waals surface area contributed by atoms with E-state index in [2.05, 4.69) is 26.3 Å². The summed E-state index contributed by atoms with van der Waals surface area (Å²) in [4.78, 5) is 27.5. The van der Waals surface area contributed by atoms with E-state index >= 15 is 0 Å². The molecule has 1 fully saturated rings. The van der Waals surface area contributed by atoms with Crippen LogP contribution in [0.3, 0.4) is 0 Å². The first-order valence-electron chi connectivity index (χ1n) is 11.4. The topological polar surface area (TPSA) is 149 Å². The normalized spacial score (nSPS) is 15.0. The fraction of sp³-hybridized carbons (Fsp3) is 0.240. The predicted molar refractivity (Wildman–Crippen MR) is 131 cm³/mol. The number of methoxy groups -OCH3 is 1. The van der Waals surface area contributed by atoms with Crippen LogP contribution in [-0.4, -0.2) is 55.6 Å². The molecule has 1 aromatic carbocycles. The van der Waals surface area contributed by atoms with Crippen molar-refractivity contribution in [2.75, 3.05) is 24.3 Å². The number of esters is 1. The summed E-state index contributed by atoms with van der Waals surface area (Å²) in [5.41, 5.74) is 9.66. The molecule has 1 saturated heterocycles. The van der Waals surface area contributed by atoms with E-state index in [0.29, 0.717) is 29.2 Å². The quantitative estimate of drug-likeness (QED) is 0.407. The first-order valence-corrected chi connectivity index (χ1v) is 11.4. The molecule has 0 radical (unpaired) electrons. The second kappa shape index (κ2) is 9.79. The molecule has 0 aliphatic carbocycles. The fourth-order valence-corrected chi connectivity index (χ4v) is 4.29. The number of hydrogen-bond donors (Lipinski definition) is 1. The van der Waals surface area contributed by atoms with E-state index < -0.39 is 0 Å². The van der Waals surface area contributed by atoms with E-state index in [1.54, 1.807) is 35.1 Å². The Kier molecular flexibility index (Phi) is 6.23. The molecule has 1 aliphatic rings. The van der Waals surface area contributed by atoms with Gasteiger partial charge in [0, 0.05) is 12.1 Å². The summed E-state index contributed by atoms with van der Waals surface area (Å²) in [6.45, 7) is 1.13. The third-order valence-corrected chi connectivity index (χ3v) is 5.97. The number of anilines is 2. The number of nitrogen functional groups attached to an aromatic ring is 1. The SMILES string of the molecule is COC(=O)[C@@H]1CCCN1c1cccc(Cn2cc(-c3cc(-c4cccc(C#N)c4)nc(N)n3)nn2)n1. The average Bonchev–Trinajstić information content (AvgIpc) is 3.58. The van der Waals surface area contributed by atoms with Crippen LogP contribution in [0.1, 0.15) is 24.1 Å². The van der Waals surface area contributed by atoms with Gasteiger partial charge in [-0.25, -0.2) is 24.4 Å². The summed E-state index contributed by atoms with van der Waals surface area (Å²) >= 11 is 0. The Morgan fingerprint density at radius 1 is 1.14 bits per heavy atom. The van der Waals surface area contributed by atoms with Gasteiger partial charge in [0.2, 0.25) is 5.95 Å². The highest BCUT2D eigenvalue weighted by Crippen LogP contribution is 2.26. The van der Waals surface area contributed by atoms with Gasteiger partial charge in [-0.3, -0.25) is 0 Å². The number of carbonyl (C=O) groups excluding carboxylic acids is 1. The van der Waals surface area contributed by atoms with E-state index in [0.717, 1.165) is 36.5 Å². The lowest BCUT2D eigenvalue weighted by molar-refractivity contribution is -0.141. The summed E-state index contributed by atoms with van der Waals surface area (Å²) in [5.74, 6) is 0.580. The molecule has 1 atom stereocenters. The van der Waals surface area contributed by atoms with Crippen molar-refractivity contribution in [3.63, 3.8) is 0 Å². The number of rotatable bonds is 6. The number of nitrogens with zero attached hydrogens (tertiary/aromatic N) is 8. The minimum Gasteiger partial charge on any atom is -0.467 e. The van der Waals surface area contributed by atoms with Gasteiger partial charge in [0.25, 0.3) is 0 Å². The van der Waals surface area contributed by atoms with Gasteiger partial charge in [0.1, 0.15) is 17.6 Å². The largest absolute Gasteiger partial charge is 0.467 e. The summed E-state index contributed by atoms with van der Waals surface area (Å²) < 4.78 is 6.61. The molecule has 3 aromatic heterocycles. The molecule has 36 heavy (non-hydrogen) atoms. The molecular weight excluding hydrogens is 458 g/mol. The number of hydrogen-bond acceptors (Lipinski definition) is 10. The molecule has 4 aromatic rings. The number of carbonyl (C=O) groups is 1. The first kappa shape index (κ1) is 22.9. The molecule has 5 rings (SSSR count). The van der Waals surface area contributed by atoms with Gasteiger partial charge in [-0.1, -0.05) is 23.4 Å². The molecule has 0 bridgehead atoms. The zero-order chi connectivity index (χ0) is 25.1. The number of nitrogens with two attached hydrogens (primary N) is 1. The molecule has 180 valence electrons. The van der Waals surface area contributed by atoms with Gasteiger partial charge in [-0.05, 0) is 43.2 Å². The number of pyridine rings is 1. The molecule has 11 nitrogen and oxygen atoms in total. The Morgan fingerprint density at radius 3 is 2.81 bits per heavy atom. The van der Waals surface area contributed by atoms with Gasteiger partial charge in [0.15, 0.2) is 0 Å². The molecule has 11 heteroatoms. The second-order valence-electron chi connectivity index (χ2n) is 8.35. The van der Waals surface area contributed by atoms with E-state index in [4.69, 9.17) is 15.5 Å². The number of ether oxygens (including phenoxy) is 1. The van der Waals surface area contributed by atoms with Gasteiger partial charge in [0.05, 0.1) is 48.6 Å². The van der Waals surface area contributed by atoms with Crippen molar-refractivity contribution in [2.45, 2.75) is 25.4 Å². The summed E-state index contributed by atoms with van der Waals surface area (Å²) in [7, 11) is 1.41. The van der Waals surface area contributed by atoms with Crippen LogP contribution in [0.5, 0.6) is 0 Å². The molecule has 2 N–H and O–H groups in total. The Labute approximate surface area is 207 Å². The number of aromatic nitrogens is 6. The maximum Gasteiger partial charge on any atom is 0.328 e. The number of nitriles is 1. The van der Waals surface area contributed by atoms with Crippen LogP contribution in [0.15, 0.2) is 54.7 Å². The van der Waals surface area contributed by atoms with Crippen LogP contribution in [-0.2, 0) is 16.1 Å². The Balaban J connectivity index is 1.37. The highest BCUT2D eigenvalue weighted by Gasteiger charge is 2.32. The summed E-state index contributed by atoms with van der Waals surface area (Å²) in [5, 5.41) is 17.7. The summed E-state index contributed by atoms with van der Waals surface area (Å²) in [6, 6.07) is 16.4. The molecule has 0 unspecified atom stereocenters. The lowest BCUT2D eigenvalue weighted by atomic mass is 10.1. The van der Waals surface area contributed by atoms with Gasteiger partial charge in [-0.2, -0.15) is 5.26 Å². The van der Waals surface area contributed by atoms with Crippen LogP contribution in [0, 0.1) is 11.3 Å². The third-order valence-electron chi connectivity index (χ3n) is 5.97. The van der Waals surface area contributed by atoms with Gasteiger partial charge < -0.3 is 15.4 Å². The van der Waals surface area contributed by atoms with Crippen molar-refractivity contribution in [1.29, 1.82) is 5.26 Å². The highest BCUT2D eigenvalue weighted by molar-refractivity contribution is 5.80. The van der Waals surface area contributed by atoms with Crippen LogP contribution in [0.4, 0.5) is 11.8 Å². The number of benzene rings is 1. The Hall–Kier alpha value is -4.85. The monoisotopic (exact) mass is 481 g/mol. The minimum absolute atomic E-state index is 0.0968. The van der Waals surface area contributed by atoms with Crippen molar-refractivity contribution < 1.29 is 9.53 Å². The molecule has 4 heterocycles. The van der Waals surface area contributed by atoms with E-state index in [-0.39, 0.29) is 18.0 Å². The standard InChI is InChI=1S/C25H23N9O2/c1-36-24(35)22-8-4-10-34(22)23-9-3-7-18(28-23)14-33-15-21(31-32-33)20-12-19(29-25(27)30-20)17-6-2-5-16(11-17)13-26/h2-3,5-7,9,11-12,15,22H,4,8,10,14H2,1H3,(H2,27,29,30)/t22-/m0/s1. The molecule has 0 spiro atoms. The van der Waals surface area contributed by atoms with Crippen LogP contribution < -0.4 is 10.6 Å². The Bertz CT molecular complexity index is 1460. The van der Waals surface area contributed by atoms with Crippen molar-refractivity contribution in [3.8, 4) is 28.7 Å². The molecular formula is C25H23N9O2. The van der Waals surface area contributed by atoms with E-state index in [9.17, 15) is 10.1 Å². The minimum atomic E-state index is -0.318. The molecule has 0 amide bonds. The van der Waals surface area contributed by atoms with Crippen LogP contribution >= 0.6 is 0 Å². The fourth-order valence-electron chi connectivity index (χ4n) is 4.29. The van der Waals surface area contributed by atoms with Crippen molar-refractivity contribution >= 4 is 17.7 Å². The van der Waals surface area contributed by atoms with E-state index in [1.807, 2.05) is 29.2 Å². The van der Waals surface area contributed by atoms with E-state index in [1.165, 1.54) is 7.11 Å². The third kappa shape index (κ3) is 4.69. The van der Waals surface area contributed by atoms with Crippen molar-refractivity contribution in [3.05, 3.63) is 66.0 Å². The maximum atomic E-state index is 12.1. The molecule has 1 aliphatic heterocycles.